The standard InChI is InChI=1S/C21H24N2O6S/c1-21(2,3)13-5-7-16-15(9-13)23(30(4,25)26)11-19(29-16)20(24)22-14-6-8-17-18(10-14)28-12-27-17/h5-10,19H,11-12H2,1-4H3,(H,22,24)/t19-/m1/s1. The molecule has 0 radical (unpaired) electrons. The van der Waals surface area contributed by atoms with Crippen LogP contribution < -0.4 is 23.8 Å². The first-order chi connectivity index (χ1) is 14.0. The number of hydrogen-bond acceptors (Lipinski definition) is 6. The maximum atomic E-state index is 12.8. The first kappa shape index (κ1) is 20.3. The average Bonchev–Trinajstić information content (AvgIpc) is 3.13. The Bertz CT molecular complexity index is 1110. The van der Waals surface area contributed by atoms with E-state index in [1.807, 2.05) is 32.9 Å². The van der Waals surface area contributed by atoms with E-state index in [1.165, 1.54) is 4.31 Å². The highest BCUT2D eigenvalue weighted by Crippen LogP contribution is 2.39. The molecule has 1 amide bonds. The fourth-order valence-electron chi connectivity index (χ4n) is 3.37. The molecule has 30 heavy (non-hydrogen) atoms. The molecule has 2 heterocycles. The van der Waals surface area contributed by atoms with Gasteiger partial charge in [-0.1, -0.05) is 26.8 Å². The van der Waals surface area contributed by atoms with Crippen LogP contribution in [-0.4, -0.2) is 40.0 Å². The summed E-state index contributed by atoms with van der Waals surface area (Å²) in [4.78, 5) is 12.8. The third kappa shape index (κ3) is 3.89. The van der Waals surface area contributed by atoms with E-state index in [0.29, 0.717) is 28.6 Å². The Morgan fingerprint density at radius 1 is 1.07 bits per heavy atom. The Hall–Kier alpha value is -2.94. The summed E-state index contributed by atoms with van der Waals surface area (Å²) in [5.74, 6) is 1.04. The van der Waals surface area contributed by atoms with Crippen molar-refractivity contribution in [1.29, 1.82) is 0 Å². The minimum absolute atomic E-state index is 0.115. The molecule has 160 valence electrons. The molecule has 0 spiro atoms. The monoisotopic (exact) mass is 432 g/mol. The average molecular weight is 432 g/mol. The Balaban J connectivity index is 1.61. The summed E-state index contributed by atoms with van der Waals surface area (Å²) in [6, 6.07) is 10.5. The zero-order valence-corrected chi connectivity index (χ0v) is 18.1. The van der Waals surface area contributed by atoms with E-state index in [4.69, 9.17) is 14.2 Å². The second-order valence-corrected chi connectivity index (χ2v) is 10.3. The zero-order chi connectivity index (χ0) is 21.7. The second-order valence-electron chi connectivity index (χ2n) is 8.39. The summed E-state index contributed by atoms with van der Waals surface area (Å²) in [5.41, 5.74) is 1.76. The van der Waals surface area contributed by atoms with E-state index in [-0.39, 0.29) is 18.8 Å². The minimum Gasteiger partial charge on any atom is -0.476 e. The molecule has 2 aliphatic rings. The van der Waals surface area contributed by atoms with Crippen molar-refractivity contribution >= 4 is 27.3 Å². The predicted octanol–water partition coefficient (Wildman–Crippen LogP) is 2.88. The number of nitrogens with zero attached hydrogens (tertiary/aromatic N) is 1. The van der Waals surface area contributed by atoms with Crippen molar-refractivity contribution in [2.24, 2.45) is 0 Å². The smallest absolute Gasteiger partial charge is 0.267 e. The van der Waals surface area contributed by atoms with Gasteiger partial charge < -0.3 is 19.5 Å². The summed E-state index contributed by atoms with van der Waals surface area (Å²) in [6.45, 7) is 6.16. The minimum atomic E-state index is -3.61. The van der Waals surface area contributed by atoms with Crippen LogP contribution in [0.1, 0.15) is 26.3 Å². The fourth-order valence-corrected chi connectivity index (χ4v) is 4.27. The van der Waals surface area contributed by atoms with Crippen LogP contribution in [0.15, 0.2) is 36.4 Å². The van der Waals surface area contributed by atoms with Crippen molar-refractivity contribution in [1.82, 2.24) is 0 Å². The third-order valence-corrected chi connectivity index (χ3v) is 6.17. The molecule has 1 N–H and O–H groups in total. The highest BCUT2D eigenvalue weighted by Gasteiger charge is 2.36. The van der Waals surface area contributed by atoms with Crippen LogP contribution in [0.3, 0.4) is 0 Å². The molecule has 2 aromatic rings. The van der Waals surface area contributed by atoms with Crippen LogP contribution in [0.5, 0.6) is 17.2 Å². The van der Waals surface area contributed by atoms with E-state index in [1.54, 1.807) is 24.3 Å². The maximum absolute atomic E-state index is 12.8. The van der Waals surface area contributed by atoms with Gasteiger partial charge in [0.15, 0.2) is 17.6 Å². The van der Waals surface area contributed by atoms with E-state index >= 15 is 0 Å². The molecule has 0 bridgehead atoms. The third-order valence-electron chi connectivity index (χ3n) is 5.03. The van der Waals surface area contributed by atoms with Crippen LogP contribution in [-0.2, 0) is 20.2 Å². The van der Waals surface area contributed by atoms with E-state index in [9.17, 15) is 13.2 Å². The SMILES string of the molecule is CC(C)(C)c1ccc2c(c1)N(S(C)(=O)=O)C[C@H](C(=O)Nc1ccc3c(c1)OCO3)O2. The van der Waals surface area contributed by atoms with Gasteiger partial charge in [0.2, 0.25) is 16.8 Å². The van der Waals surface area contributed by atoms with Crippen molar-refractivity contribution in [3.05, 3.63) is 42.0 Å². The lowest BCUT2D eigenvalue weighted by atomic mass is 9.86. The van der Waals surface area contributed by atoms with Crippen LogP contribution in [0, 0.1) is 0 Å². The Labute approximate surface area is 175 Å². The fraction of sp³-hybridized carbons (Fsp3) is 0.381. The van der Waals surface area contributed by atoms with Crippen molar-refractivity contribution in [2.45, 2.75) is 32.3 Å². The van der Waals surface area contributed by atoms with Crippen LogP contribution >= 0.6 is 0 Å². The highest BCUT2D eigenvalue weighted by molar-refractivity contribution is 7.92. The zero-order valence-electron chi connectivity index (χ0n) is 17.3. The normalized spacial score (nSPS) is 17.9. The largest absolute Gasteiger partial charge is 0.476 e. The number of rotatable bonds is 3. The lowest BCUT2D eigenvalue weighted by Crippen LogP contribution is -2.48. The Morgan fingerprint density at radius 2 is 1.77 bits per heavy atom. The molecule has 8 nitrogen and oxygen atoms in total. The molecule has 1 atom stereocenters. The van der Waals surface area contributed by atoms with Gasteiger partial charge in [0.1, 0.15) is 5.75 Å². The van der Waals surface area contributed by atoms with Gasteiger partial charge in [0, 0.05) is 11.8 Å². The maximum Gasteiger partial charge on any atom is 0.267 e. The molecule has 0 saturated carbocycles. The van der Waals surface area contributed by atoms with Crippen LogP contribution in [0.2, 0.25) is 0 Å². The quantitative estimate of drug-likeness (QED) is 0.802. The summed E-state index contributed by atoms with van der Waals surface area (Å²) in [5, 5.41) is 2.76. The molecule has 0 aliphatic carbocycles. The molecule has 0 saturated heterocycles. The molecule has 4 rings (SSSR count). The van der Waals surface area contributed by atoms with Crippen molar-refractivity contribution in [3.8, 4) is 17.2 Å². The van der Waals surface area contributed by atoms with Crippen molar-refractivity contribution < 1.29 is 27.4 Å². The van der Waals surface area contributed by atoms with Gasteiger partial charge in [-0.15, -0.1) is 0 Å². The lowest BCUT2D eigenvalue weighted by molar-refractivity contribution is -0.122. The van der Waals surface area contributed by atoms with Gasteiger partial charge in [-0.3, -0.25) is 9.10 Å². The second kappa shape index (κ2) is 7.09. The molecule has 0 unspecified atom stereocenters. The number of sulfonamides is 1. The number of amides is 1. The van der Waals surface area contributed by atoms with E-state index in [0.717, 1.165) is 11.8 Å². The van der Waals surface area contributed by atoms with Gasteiger partial charge in [0.25, 0.3) is 5.91 Å². The van der Waals surface area contributed by atoms with Crippen molar-refractivity contribution in [3.63, 3.8) is 0 Å². The number of fused-ring (bicyclic) bond motifs is 2. The van der Waals surface area contributed by atoms with Gasteiger partial charge in [-0.25, -0.2) is 8.42 Å². The molecule has 2 aromatic carbocycles. The van der Waals surface area contributed by atoms with Crippen LogP contribution in [0.25, 0.3) is 0 Å². The number of anilines is 2. The lowest BCUT2D eigenvalue weighted by Gasteiger charge is -2.35. The van der Waals surface area contributed by atoms with Gasteiger partial charge in [-0.05, 0) is 35.2 Å². The summed E-state index contributed by atoms with van der Waals surface area (Å²) >= 11 is 0. The van der Waals surface area contributed by atoms with Gasteiger partial charge in [-0.2, -0.15) is 0 Å². The van der Waals surface area contributed by atoms with E-state index < -0.39 is 22.0 Å². The number of carbonyl (C=O) groups is 1. The molecule has 9 heteroatoms. The molecule has 2 aliphatic heterocycles. The van der Waals surface area contributed by atoms with Gasteiger partial charge in [0.05, 0.1) is 18.5 Å². The Kier molecular flexibility index (Phi) is 4.80. The number of nitrogens with one attached hydrogen (secondary N) is 1. The first-order valence-electron chi connectivity index (χ1n) is 9.52. The molecule has 0 aromatic heterocycles. The molecular weight excluding hydrogens is 408 g/mol. The van der Waals surface area contributed by atoms with Crippen molar-refractivity contribution in [2.75, 3.05) is 29.2 Å². The number of benzene rings is 2. The number of ether oxygens (including phenoxy) is 3. The topological polar surface area (TPSA) is 94.2 Å². The van der Waals surface area contributed by atoms with E-state index in [2.05, 4.69) is 5.32 Å². The Morgan fingerprint density at radius 3 is 2.47 bits per heavy atom. The first-order valence-corrected chi connectivity index (χ1v) is 11.4. The molecular formula is C21H24N2O6S. The number of carbonyl (C=O) groups excluding carboxylic acids is 1. The van der Waals surface area contributed by atoms with Gasteiger partial charge >= 0.3 is 0 Å². The highest BCUT2D eigenvalue weighted by atomic mass is 32.2. The molecule has 0 fully saturated rings. The van der Waals surface area contributed by atoms with Crippen LogP contribution in [0.4, 0.5) is 11.4 Å². The summed E-state index contributed by atoms with van der Waals surface area (Å²) in [7, 11) is -3.61. The predicted molar refractivity (Wildman–Crippen MR) is 113 cm³/mol. The number of hydrogen-bond donors (Lipinski definition) is 1. The summed E-state index contributed by atoms with van der Waals surface area (Å²) in [6.07, 6.45) is 0.122. The summed E-state index contributed by atoms with van der Waals surface area (Å²) < 4.78 is 42.6.